The van der Waals surface area contributed by atoms with Crippen molar-refractivity contribution in [3.8, 4) is 5.75 Å². The van der Waals surface area contributed by atoms with Crippen molar-refractivity contribution in [1.29, 1.82) is 0 Å². The van der Waals surface area contributed by atoms with Crippen LogP contribution in [0, 0.1) is 17.8 Å². The number of piperidine rings is 1. The molecule has 2 fully saturated rings. The Kier molecular flexibility index (Phi) is 6.17. The van der Waals surface area contributed by atoms with E-state index in [-0.39, 0.29) is 10.8 Å². The van der Waals surface area contributed by atoms with Crippen LogP contribution in [0.15, 0.2) is 24.8 Å². The lowest BCUT2D eigenvalue weighted by Gasteiger charge is -2.30. The highest BCUT2D eigenvalue weighted by molar-refractivity contribution is 7.90. The Morgan fingerprint density at radius 3 is 2.54 bits per heavy atom. The molecule has 0 spiro atoms. The van der Waals surface area contributed by atoms with E-state index in [1.54, 1.807) is 12.1 Å². The summed E-state index contributed by atoms with van der Waals surface area (Å²) in [5.74, 6) is 2.25. The molecule has 1 heterocycles. The van der Waals surface area contributed by atoms with Gasteiger partial charge in [-0.3, -0.25) is 0 Å². The molecule has 1 aliphatic carbocycles. The van der Waals surface area contributed by atoms with Gasteiger partial charge in [-0.15, -0.1) is 4.72 Å². The molecule has 1 aliphatic heterocycles. The molecular formula is C19H26Cl2N2O2S. The van der Waals surface area contributed by atoms with Crippen LogP contribution in [0.5, 0.6) is 5.75 Å². The van der Waals surface area contributed by atoms with Crippen LogP contribution in [0.4, 0.5) is 0 Å². The van der Waals surface area contributed by atoms with E-state index in [2.05, 4.69) is 16.6 Å². The first-order valence-corrected chi connectivity index (χ1v) is 10.8. The van der Waals surface area contributed by atoms with Crippen molar-refractivity contribution in [2.24, 2.45) is 17.8 Å². The quantitative estimate of drug-likeness (QED) is 0.518. The van der Waals surface area contributed by atoms with Gasteiger partial charge in [0.05, 0.1) is 16.1 Å². The zero-order chi connectivity index (χ0) is 19.1. The molecule has 5 atom stereocenters. The van der Waals surface area contributed by atoms with Gasteiger partial charge >= 0.3 is 0 Å². The third-order valence-electron chi connectivity index (χ3n) is 5.08. The van der Waals surface area contributed by atoms with Crippen LogP contribution >= 0.6 is 23.2 Å². The molecule has 4 nitrogen and oxygen atoms in total. The monoisotopic (exact) mass is 416 g/mol. The molecule has 0 bridgehead atoms. The number of nitrogens with one attached hydrogen (secondary N) is 2. The van der Waals surface area contributed by atoms with Crippen LogP contribution in [0.1, 0.15) is 32.4 Å². The van der Waals surface area contributed by atoms with Crippen molar-refractivity contribution in [1.82, 2.24) is 10.0 Å². The maximum atomic E-state index is 12.8. The highest BCUT2D eigenvalue weighted by atomic mass is 35.5. The summed E-state index contributed by atoms with van der Waals surface area (Å²) in [4.78, 5) is 0. The van der Waals surface area contributed by atoms with Crippen LogP contribution in [-0.2, 0) is 11.4 Å². The fourth-order valence-electron chi connectivity index (χ4n) is 3.66. The normalized spacial score (nSPS) is 26.9. The largest absolute Gasteiger partial charge is 0.598 e. The zero-order valence-corrected chi connectivity index (χ0v) is 17.7. The summed E-state index contributed by atoms with van der Waals surface area (Å²) < 4.78 is 21.7. The topological polar surface area (TPSA) is 56.3 Å². The fourth-order valence-corrected chi connectivity index (χ4v) is 4.86. The van der Waals surface area contributed by atoms with Crippen LogP contribution in [0.3, 0.4) is 0 Å². The number of halogens is 2. The van der Waals surface area contributed by atoms with E-state index < -0.39 is 11.4 Å². The van der Waals surface area contributed by atoms with Crippen molar-refractivity contribution in [3.63, 3.8) is 0 Å². The van der Waals surface area contributed by atoms with Gasteiger partial charge in [0, 0.05) is 23.0 Å². The van der Waals surface area contributed by atoms with Gasteiger partial charge < -0.3 is 14.6 Å². The van der Waals surface area contributed by atoms with Crippen LogP contribution in [-0.4, -0.2) is 29.0 Å². The predicted octanol–water partition coefficient (Wildman–Crippen LogP) is 4.12. The van der Waals surface area contributed by atoms with E-state index in [4.69, 9.17) is 27.9 Å². The molecule has 3 rings (SSSR count). The van der Waals surface area contributed by atoms with Crippen molar-refractivity contribution in [3.05, 3.63) is 40.4 Å². The number of rotatable bonds is 7. The standard InChI is InChI=1S/C19H26Cl2N2O2S/c1-5-6-25-16-8-15(21)14(20)7-11(16)18(23-26(24)19(2,3)4)17-12-9-22-10-13(12)17/h5,7-8,12-13,17-18,22-23H,1,6,9-10H2,2-4H3/t12-,13+,17?,18?,26?. The Morgan fingerprint density at radius 1 is 1.35 bits per heavy atom. The summed E-state index contributed by atoms with van der Waals surface area (Å²) >= 11 is 11.3. The number of ether oxygens (including phenoxy) is 1. The lowest BCUT2D eigenvalue weighted by Crippen LogP contribution is -2.42. The van der Waals surface area contributed by atoms with Gasteiger partial charge in [0.15, 0.2) is 0 Å². The van der Waals surface area contributed by atoms with E-state index in [0.29, 0.717) is 40.2 Å². The first kappa shape index (κ1) is 20.3. The molecule has 2 N–H and O–H groups in total. The molecule has 1 saturated heterocycles. The molecule has 144 valence electrons. The maximum Gasteiger partial charge on any atom is 0.136 e. The Bertz CT molecular complexity index is 670. The molecule has 2 aliphatic rings. The molecular weight excluding hydrogens is 391 g/mol. The summed E-state index contributed by atoms with van der Waals surface area (Å²) in [5, 5.41) is 4.34. The second-order valence-electron chi connectivity index (χ2n) is 7.94. The summed E-state index contributed by atoms with van der Waals surface area (Å²) in [5.41, 5.74) is 0.915. The SMILES string of the molecule is C=CCOc1cc(Cl)c(Cl)cc1C(N[S+]([O-])C(C)(C)C)C1[C@H]2CNC[C@@H]12. The third kappa shape index (κ3) is 4.18. The molecule has 26 heavy (non-hydrogen) atoms. The van der Waals surface area contributed by atoms with E-state index in [0.717, 1.165) is 18.7 Å². The van der Waals surface area contributed by atoms with Crippen LogP contribution in [0.25, 0.3) is 0 Å². The minimum atomic E-state index is -1.20. The fraction of sp³-hybridized carbons (Fsp3) is 0.579. The van der Waals surface area contributed by atoms with Gasteiger partial charge in [0.25, 0.3) is 0 Å². The van der Waals surface area contributed by atoms with Crippen LogP contribution < -0.4 is 14.8 Å². The van der Waals surface area contributed by atoms with E-state index >= 15 is 0 Å². The molecule has 7 heteroatoms. The second-order valence-corrected chi connectivity index (χ2v) is 10.8. The van der Waals surface area contributed by atoms with Gasteiger partial charge in [-0.1, -0.05) is 35.9 Å². The first-order chi connectivity index (χ1) is 12.2. The lowest BCUT2D eigenvalue weighted by atomic mass is 9.99. The Labute approximate surface area is 169 Å². The van der Waals surface area contributed by atoms with Gasteiger partial charge in [0.2, 0.25) is 0 Å². The van der Waals surface area contributed by atoms with Crippen molar-refractivity contribution < 1.29 is 9.29 Å². The third-order valence-corrected chi connectivity index (χ3v) is 7.38. The van der Waals surface area contributed by atoms with E-state index in [9.17, 15) is 4.55 Å². The van der Waals surface area contributed by atoms with Crippen molar-refractivity contribution in [2.75, 3.05) is 19.7 Å². The molecule has 1 aromatic rings. The maximum absolute atomic E-state index is 12.8. The predicted molar refractivity (Wildman–Crippen MR) is 109 cm³/mol. The van der Waals surface area contributed by atoms with Gasteiger partial charge in [-0.25, -0.2) is 0 Å². The minimum absolute atomic E-state index is 0.0956. The van der Waals surface area contributed by atoms with Crippen molar-refractivity contribution >= 4 is 34.6 Å². The first-order valence-electron chi connectivity index (χ1n) is 8.85. The summed E-state index contributed by atoms with van der Waals surface area (Å²) in [6.07, 6.45) is 1.69. The van der Waals surface area contributed by atoms with Gasteiger partial charge in [-0.2, -0.15) is 0 Å². The van der Waals surface area contributed by atoms with Gasteiger partial charge in [-0.05, 0) is 57.7 Å². The molecule has 0 aromatic heterocycles. The second kappa shape index (κ2) is 7.90. The molecule has 3 unspecified atom stereocenters. The highest BCUT2D eigenvalue weighted by Crippen LogP contribution is 2.57. The van der Waals surface area contributed by atoms with Gasteiger partial charge in [0.1, 0.15) is 17.1 Å². The molecule has 1 aromatic carbocycles. The summed E-state index contributed by atoms with van der Waals surface area (Å²) in [7, 11) is 0. The minimum Gasteiger partial charge on any atom is -0.598 e. The lowest BCUT2D eigenvalue weighted by molar-refractivity contribution is 0.349. The Balaban J connectivity index is 1.95. The zero-order valence-electron chi connectivity index (χ0n) is 15.4. The number of hydrogen-bond donors (Lipinski definition) is 2. The van der Waals surface area contributed by atoms with Crippen LogP contribution in [0.2, 0.25) is 10.0 Å². The Hall–Kier alpha value is -0.430. The molecule has 0 radical (unpaired) electrons. The van der Waals surface area contributed by atoms with E-state index in [1.165, 1.54) is 0 Å². The average molecular weight is 417 g/mol. The van der Waals surface area contributed by atoms with Crippen molar-refractivity contribution in [2.45, 2.75) is 31.6 Å². The molecule has 1 saturated carbocycles. The number of fused-ring (bicyclic) bond motifs is 1. The molecule has 0 amide bonds. The number of benzene rings is 1. The average Bonchev–Trinajstić information content (AvgIpc) is 3.02. The summed E-state index contributed by atoms with van der Waals surface area (Å²) in [6.45, 7) is 12.0. The highest BCUT2D eigenvalue weighted by Gasteiger charge is 2.58. The van der Waals surface area contributed by atoms with E-state index in [1.807, 2.05) is 26.8 Å². The Morgan fingerprint density at radius 2 is 1.96 bits per heavy atom. The summed E-state index contributed by atoms with van der Waals surface area (Å²) in [6, 6.07) is 3.50. The smallest absolute Gasteiger partial charge is 0.136 e. The number of hydrogen-bond acceptors (Lipinski definition) is 4.